The van der Waals surface area contributed by atoms with Crippen LogP contribution in [0.15, 0.2) is 53.7 Å². The van der Waals surface area contributed by atoms with Gasteiger partial charge in [0.2, 0.25) is 5.91 Å². The number of hydrogen-bond donors (Lipinski definition) is 3. The fraction of sp³-hybridized carbons (Fsp3) is 0.304. The summed E-state index contributed by atoms with van der Waals surface area (Å²) in [5.74, 6) is -1.48. The zero-order chi connectivity index (χ0) is 33.9. The lowest BCUT2D eigenvalue weighted by molar-refractivity contribution is -0.115. The summed E-state index contributed by atoms with van der Waals surface area (Å²) in [6.45, 7) is 1.30. The van der Waals surface area contributed by atoms with Gasteiger partial charge in [-0.05, 0) is 49.3 Å². The molecule has 0 bridgehead atoms. The lowest BCUT2D eigenvalue weighted by Crippen LogP contribution is -2.14. The molecule has 0 fully saturated rings. The number of carbonyl (C=O) groups excluding carboxylic acids is 1. The minimum absolute atomic E-state index is 0.0640. The molecule has 0 radical (unpaired) electrons. The molecule has 0 saturated carbocycles. The van der Waals surface area contributed by atoms with Gasteiger partial charge in [-0.3, -0.25) is 4.79 Å². The molecule has 0 unspecified atom stereocenters. The van der Waals surface area contributed by atoms with E-state index in [2.05, 4.69) is 4.98 Å². The molecule has 1 atom stereocenters. The van der Waals surface area contributed by atoms with E-state index in [0.29, 0.717) is 11.3 Å². The molecule has 0 aliphatic rings. The SMILES string of the molecule is [2H]c1sc(N)nc1C([2H])([2H])C(=O)Nc1c([2H])c([2H])c(C([2H])([2H])CCC([2H])([2H])[C@H](O)c2c([2H])c([2H])c([2H])c(C)c2[2H])c([2H])c1[2H]. The van der Waals surface area contributed by atoms with Gasteiger partial charge in [0.25, 0.3) is 0 Å². The Balaban J connectivity index is 1.94. The van der Waals surface area contributed by atoms with Crippen LogP contribution >= 0.6 is 11.3 Å². The third-order valence-electron chi connectivity index (χ3n) is 3.38. The molecule has 3 rings (SSSR count). The molecule has 5 nitrogen and oxygen atoms in total. The first-order valence-corrected chi connectivity index (χ1v) is 9.21. The number of rotatable bonds is 9. The molecule has 2 aromatic carbocycles. The van der Waals surface area contributed by atoms with E-state index in [0.717, 1.165) is 0 Å². The van der Waals surface area contributed by atoms with Gasteiger partial charge in [0.05, 0.1) is 30.5 Å². The van der Waals surface area contributed by atoms with E-state index in [1.54, 1.807) is 0 Å². The monoisotopic (exact) mass is 424 g/mol. The number of nitrogens with two attached hydrogens (primary N) is 1. The molecular weight excluding hydrogens is 382 g/mol. The second-order valence-electron chi connectivity index (χ2n) is 5.65. The highest BCUT2D eigenvalue weighted by Gasteiger charge is 2.08. The molecular formula is C23H27N3O2S. The van der Waals surface area contributed by atoms with Crippen LogP contribution in [0.2, 0.25) is 0 Å². The minimum Gasteiger partial charge on any atom is -0.388 e. The van der Waals surface area contributed by atoms with Crippen molar-refractivity contribution in [3.8, 4) is 0 Å². The van der Waals surface area contributed by atoms with Crippen LogP contribution in [0.5, 0.6) is 0 Å². The maximum absolute atomic E-state index is 12.8. The number of aliphatic hydroxyl groups excluding tert-OH is 1. The lowest BCUT2D eigenvalue weighted by Gasteiger charge is -2.11. The van der Waals surface area contributed by atoms with Crippen molar-refractivity contribution in [3.63, 3.8) is 0 Å². The minimum atomic E-state index is -2.97. The molecule has 1 amide bonds. The second kappa shape index (κ2) is 10.2. The van der Waals surface area contributed by atoms with E-state index in [1.165, 1.54) is 6.92 Å². The quantitative estimate of drug-likeness (QED) is 0.466. The normalized spacial score (nSPS) is 20.8. The van der Waals surface area contributed by atoms with Crippen LogP contribution < -0.4 is 11.1 Å². The number of hydrogen-bond acceptors (Lipinski definition) is 5. The van der Waals surface area contributed by atoms with Crippen molar-refractivity contribution >= 4 is 28.1 Å². The van der Waals surface area contributed by atoms with E-state index in [4.69, 9.17) is 26.3 Å². The lowest BCUT2D eigenvalue weighted by atomic mass is 10.00. The number of nitrogen functional groups attached to an aromatic ring is 1. The largest absolute Gasteiger partial charge is 0.388 e. The summed E-state index contributed by atoms with van der Waals surface area (Å²) >= 11 is 0.606. The zero-order valence-electron chi connectivity index (χ0n) is 30.3. The van der Waals surface area contributed by atoms with Crippen LogP contribution in [0.4, 0.5) is 10.8 Å². The molecule has 3 aromatic rings. The highest BCUT2D eigenvalue weighted by atomic mass is 32.1. The van der Waals surface area contributed by atoms with Crippen LogP contribution in [0.1, 0.15) is 68.3 Å². The number of thiazole rings is 1. The first kappa shape index (κ1) is 8.98. The summed E-state index contributed by atoms with van der Waals surface area (Å²) in [6, 6.07) is -6.08. The zero-order valence-corrected chi connectivity index (χ0v) is 16.1. The van der Waals surface area contributed by atoms with Crippen molar-refractivity contribution in [3.05, 3.63) is 76.1 Å². The fourth-order valence-electron chi connectivity index (χ4n) is 2.12. The van der Waals surface area contributed by atoms with Crippen LogP contribution in [0.3, 0.4) is 0 Å². The Morgan fingerprint density at radius 3 is 2.83 bits per heavy atom. The number of anilines is 2. The number of aromatic nitrogens is 1. The van der Waals surface area contributed by atoms with Crippen LogP contribution in [0.25, 0.3) is 0 Å². The van der Waals surface area contributed by atoms with Crippen molar-refractivity contribution < 1.29 is 30.5 Å². The Morgan fingerprint density at radius 1 is 1.31 bits per heavy atom. The Kier molecular flexibility index (Phi) is 3.15. The van der Waals surface area contributed by atoms with E-state index in [9.17, 15) is 9.90 Å². The van der Waals surface area contributed by atoms with Gasteiger partial charge in [0.1, 0.15) is 0 Å². The number of amides is 1. The molecule has 0 saturated heterocycles. The molecule has 1 aromatic heterocycles. The Bertz CT molecular complexity index is 1590. The van der Waals surface area contributed by atoms with Crippen LogP contribution in [0, 0.1) is 6.92 Å². The number of benzene rings is 2. The van der Waals surface area contributed by atoms with Gasteiger partial charge in [-0.1, -0.05) is 48.2 Å². The van der Waals surface area contributed by atoms with Gasteiger partial charge in [-0.25, -0.2) is 4.98 Å². The second-order valence-corrected chi connectivity index (χ2v) is 6.48. The van der Waals surface area contributed by atoms with Crippen molar-refractivity contribution in [2.75, 3.05) is 11.1 Å². The predicted molar refractivity (Wildman–Crippen MR) is 119 cm³/mol. The Morgan fingerprint density at radius 2 is 2.10 bits per heavy atom. The number of aliphatic hydroxyl groups is 1. The molecule has 0 aliphatic heterocycles. The predicted octanol–water partition coefficient (Wildman–Crippen LogP) is 4.66. The van der Waals surface area contributed by atoms with Gasteiger partial charge in [0, 0.05) is 19.3 Å². The van der Waals surface area contributed by atoms with Crippen molar-refractivity contribution in [2.45, 2.75) is 45.0 Å². The van der Waals surface area contributed by atoms with Crippen molar-refractivity contribution in [2.24, 2.45) is 0 Å². The van der Waals surface area contributed by atoms with Crippen LogP contribution in [-0.2, 0) is 17.5 Å². The highest BCUT2D eigenvalue weighted by molar-refractivity contribution is 7.13. The molecule has 1 heterocycles. The van der Waals surface area contributed by atoms with Gasteiger partial charge in [-0.2, -0.15) is 0 Å². The summed E-state index contributed by atoms with van der Waals surface area (Å²) in [6.07, 6.45) is -12.2. The average Bonchev–Trinajstić information content (AvgIpc) is 3.29. The van der Waals surface area contributed by atoms with E-state index < -0.39 is 120 Å². The molecule has 4 N–H and O–H groups in total. The molecule has 0 aliphatic carbocycles. The standard InChI is InChI=1S/C23H27N3O2S/c1-16-5-4-7-18(13-16)21(27)8-3-2-6-17-9-11-19(12-10-17)25-22(28)14-20-15-29-23(24)26-20/h4-5,7,9-13,15,21,27H,2-3,6,8,14H2,1H3,(H2,24,26)(H,25,28)/t21-/m0/s1/i4D,5D,6D2,7D,8D2,9D,10D,11D,12D,13D,14D2,15D. The average molecular weight is 425 g/mol. The third kappa shape index (κ3) is 6.69. The van der Waals surface area contributed by atoms with E-state index in [-0.39, 0.29) is 10.7 Å². The van der Waals surface area contributed by atoms with Gasteiger partial charge in [-0.15, -0.1) is 11.3 Å². The first-order chi connectivity index (χ1) is 20.0. The number of carbonyl (C=O) groups is 1. The molecule has 0 spiro atoms. The van der Waals surface area contributed by atoms with E-state index >= 15 is 0 Å². The van der Waals surface area contributed by atoms with Crippen LogP contribution in [-0.4, -0.2) is 16.0 Å². The number of nitrogens with one attached hydrogen (secondary N) is 1. The summed E-state index contributed by atoms with van der Waals surface area (Å²) in [5, 5.41) is 12.1. The molecule has 29 heavy (non-hydrogen) atoms. The maximum atomic E-state index is 12.8. The fourth-order valence-corrected chi connectivity index (χ4v) is 2.55. The summed E-state index contributed by atoms with van der Waals surface area (Å²) < 4.78 is 123. The highest BCUT2D eigenvalue weighted by Crippen LogP contribution is 2.21. The Hall–Kier alpha value is -2.70. The van der Waals surface area contributed by atoms with Crippen molar-refractivity contribution in [1.82, 2.24) is 4.98 Å². The summed E-state index contributed by atoms with van der Waals surface area (Å²) in [4.78, 5) is 16.4. The van der Waals surface area contributed by atoms with Gasteiger partial charge >= 0.3 is 0 Å². The molecule has 6 heteroatoms. The maximum Gasteiger partial charge on any atom is 0.230 e. The topological polar surface area (TPSA) is 88.2 Å². The third-order valence-corrected chi connectivity index (χ3v) is 3.97. The van der Waals surface area contributed by atoms with Gasteiger partial charge in [0.15, 0.2) is 5.13 Å². The van der Waals surface area contributed by atoms with Crippen molar-refractivity contribution in [1.29, 1.82) is 0 Å². The summed E-state index contributed by atoms with van der Waals surface area (Å²) in [7, 11) is 0. The first-order valence-electron chi connectivity index (χ1n) is 15.9. The number of nitrogens with zero attached hydrogens (tertiary/aromatic N) is 1. The van der Waals surface area contributed by atoms with E-state index in [1.807, 2.05) is 5.32 Å². The Labute approximate surface area is 196 Å². The summed E-state index contributed by atoms with van der Waals surface area (Å²) in [5.41, 5.74) is 2.65. The smallest absolute Gasteiger partial charge is 0.230 e. The molecule has 152 valence electrons. The van der Waals surface area contributed by atoms with Gasteiger partial charge < -0.3 is 16.2 Å².